The highest BCUT2D eigenvalue weighted by molar-refractivity contribution is 5.83. The maximum absolute atomic E-state index is 12.5. The monoisotopic (exact) mass is 254 g/mol. The van der Waals surface area contributed by atoms with Gasteiger partial charge in [0.15, 0.2) is 0 Å². The molecule has 102 valence electrons. The third-order valence-corrected chi connectivity index (χ3v) is 4.20. The van der Waals surface area contributed by atoms with Gasteiger partial charge in [-0.2, -0.15) is 0 Å². The van der Waals surface area contributed by atoms with Gasteiger partial charge in [0.05, 0.1) is 0 Å². The minimum absolute atomic E-state index is 0.0837. The molecule has 3 atom stereocenters. The Bertz CT molecular complexity index is 335. The number of urea groups is 1. The van der Waals surface area contributed by atoms with Crippen molar-refractivity contribution in [3.05, 3.63) is 0 Å². The van der Waals surface area contributed by atoms with Crippen LogP contribution in [0.3, 0.4) is 0 Å². The molecular weight excluding hydrogens is 232 g/mol. The summed E-state index contributed by atoms with van der Waals surface area (Å²) < 4.78 is 0. The van der Waals surface area contributed by atoms with E-state index in [1.54, 1.807) is 4.90 Å². The molecule has 0 spiro atoms. The number of carbonyl (C=O) groups is 2. The van der Waals surface area contributed by atoms with Crippen molar-refractivity contribution in [3.8, 4) is 0 Å². The Kier molecular flexibility index (Phi) is 3.78. The predicted octanol–water partition coefficient (Wildman–Crippen LogP) is 1.92. The summed E-state index contributed by atoms with van der Waals surface area (Å²) in [4.78, 5) is 27.1. The third kappa shape index (κ3) is 2.31. The number of carbonyl (C=O) groups excluding carboxylic acids is 1. The summed E-state index contributed by atoms with van der Waals surface area (Å²) in [7, 11) is 0. The molecule has 2 heterocycles. The van der Waals surface area contributed by atoms with E-state index in [0.29, 0.717) is 13.0 Å². The molecule has 2 aliphatic heterocycles. The van der Waals surface area contributed by atoms with Crippen LogP contribution in [-0.2, 0) is 4.79 Å². The van der Waals surface area contributed by atoms with E-state index < -0.39 is 12.0 Å². The molecule has 0 aromatic rings. The first-order valence-electron chi connectivity index (χ1n) is 6.84. The first-order valence-corrected chi connectivity index (χ1v) is 6.84. The number of likely N-dealkylation sites (tertiary alicyclic amines) is 2. The van der Waals surface area contributed by atoms with Gasteiger partial charge in [0.2, 0.25) is 0 Å². The lowest BCUT2D eigenvalue weighted by molar-refractivity contribution is -0.141. The number of amides is 2. The molecule has 5 nitrogen and oxygen atoms in total. The van der Waals surface area contributed by atoms with Gasteiger partial charge in [-0.1, -0.05) is 0 Å². The van der Waals surface area contributed by atoms with Crippen molar-refractivity contribution in [3.63, 3.8) is 0 Å². The molecule has 18 heavy (non-hydrogen) atoms. The maximum Gasteiger partial charge on any atom is 0.326 e. The van der Waals surface area contributed by atoms with Crippen LogP contribution in [0.25, 0.3) is 0 Å². The van der Waals surface area contributed by atoms with Crippen LogP contribution in [0.2, 0.25) is 0 Å². The lowest BCUT2D eigenvalue weighted by Gasteiger charge is -2.41. The molecule has 2 fully saturated rings. The van der Waals surface area contributed by atoms with Crippen LogP contribution in [-0.4, -0.2) is 51.6 Å². The topological polar surface area (TPSA) is 60.9 Å². The van der Waals surface area contributed by atoms with Gasteiger partial charge in [-0.05, 0) is 46.0 Å². The highest BCUT2D eigenvalue weighted by Crippen LogP contribution is 2.27. The van der Waals surface area contributed by atoms with Crippen LogP contribution in [0.5, 0.6) is 0 Å². The first kappa shape index (κ1) is 13.2. The molecule has 0 aromatic heterocycles. The van der Waals surface area contributed by atoms with E-state index in [0.717, 1.165) is 25.7 Å². The van der Waals surface area contributed by atoms with Crippen molar-refractivity contribution >= 4 is 12.0 Å². The summed E-state index contributed by atoms with van der Waals surface area (Å²) in [5.41, 5.74) is 0. The Morgan fingerprint density at radius 3 is 2.22 bits per heavy atom. The van der Waals surface area contributed by atoms with Crippen molar-refractivity contribution in [2.45, 2.75) is 64.1 Å². The summed E-state index contributed by atoms with van der Waals surface area (Å²) in [5, 5.41) is 9.15. The zero-order valence-corrected chi connectivity index (χ0v) is 11.1. The minimum atomic E-state index is -0.877. The number of rotatable bonds is 1. The number of hydrogen-bond donors (Lipinski definition) is 1. The molecule has 2 saturated heterocycles. The van der Waals surface area contributed by atoms with E-state index in [1.165, 1.54) is 0 Å². The first-order chi connectivity index (χ1) is 8.52. The Hall–Kier alpha value is -1.26. The lowest BCUT2D eigenvalue weighted by Crippen LogP contribution is -2.55. The summed E-state index contributed by atoms with van der Waals surface area (Å²) in [6.07, 6.45) is 4.55. The Balaban J connectivity index is 2.12. The van der Waals surface area contributed by atoms with Crippen LogP contribution in [0, 0.1) is 0 Å². The molecular formula is C13H22N2O3. The van der Waals surface area contributed by atoms with E-state index in [4.69, 9.17) is 5.11 Å². The largest absolute Gasteiger partial charge is 0.480 e. The highest BCUT2D eigenvalue weighted by atomic mass is 16.4. The van der Waals surface area contributed by atoms with E-state index >= 15 is 0 Å². The summed E-state index contributed by atoms with van der Waals surface area (Å²) in [5.74, 6) is -0.877. The molecule has 0 bridgehead atoms. The second-order valence-corrected chi connectivity index (χ2v) is 5.51. The van der Waals surface area contributed by atoms with Crippen LogP contribution in [0.15, 0.2) is 0 Å². The van der Waals surface area contributed by atoms with Crippen molar-refractivity contribution in [2.24, 2.45) is 0 Å². The van der Waals surface area contributed by atoms with Gasteiger partial charge >= 0.3 is 12.0 Å². The van der Waals surface area contributed by atoms with E-state index in [1.807, 2.05) is 4.90 Å². The van der Waals surface area contributed by atoms with Crippen molar-refractivity contribution in [2.75, 3.05) is 6.54 Å². The highest BCUT2D eigenvalue weighted by Gasteiger charge is 2.39. The molecule has 0 radical (unpaired) electrons. The summed E-state index contributed by atoms with van der Waals surface area (Å²) >= 11 is 0. The average molecular weight is 254 g/mol. The number of aliphatic carboxylic acids is 1. The van der Waals surface area contributed by atoms with Crippen LogP contribution in [0.1, 0.15) is 46.0 Å². The normalized spacial score (nSPS) is 32.7. The summed E-state index contributed by atoms with van der Waals surface area (Å²) in [6, 6.07) is -0.272. The zero-order valence-electron chi connectivity index (χ0n) is 11.1. The predicted molar refractivity (Wildman–Crippen MR) is 67.4 cm³/mol. The van der Waals surface area contributed by atoms with E-state index in [-0.39, 0.29) is 18.1 Å². The number of nitrogens with zero attached hydrogens (tertiary/aromatic N) is 2. The SMILES string of the molecule is C[C@@H]1CCC[C@H](C)N1C(=O)N1CCCC1C(=O)O. The maximum atomic E-state index is 12.5. The van der Waals surface area contributed by atoms with Gasteiger partial charge in [-0.15, -0.1) is 0 Å². The Morgan fingerprint density at radius 2 is 1.67 bits per heavy atom. The van der Waals surface area contributed by atoms with E-state index in [2.05, 4.69) is 13.8 Å². The van der Waals surface area contributed by atoms with Gasteiger partial charge in [0, 0.05) is 18.6 Å². The molecule has 5 heteroatoms. The fourth-order valence-electron chi connectivity index (χ4n) is 3.20. The lowest BCUT2D eigenvalue weighted by atomic mass is 9.98. The van der Waals surface area contributed by atoms with Crippen LogP contribution < -0.4 is 0 Å². The van der Waals surface area contributed by atoms with Crippen molar-refractivity contribution in [1.82, 2.24) is 9.80 Å². The molecule has 0 aromatic carbocycles. The summed E-state index contributed by atoms with van der Waals surface area (Å²) in [6.45, 7) is 4.69. The molecule has 2 amide bonds. The molecule has 0 aliphatic carbocycles. The fraction of sp³-hybridized carbons (Fsp3) is 0.846. The standard InChI is InChI=1S/C13H22N2O3/c1-9-5-3-6-10(2)15(9)13(18)14-8-4-7-11(14)12(16)17/h9-11H,3-8H2,1-2H3,(H,16,17)/t9-,10+,11?. The Morgan fingerprint density at radius 1 is 1.06 bits per heavy atom. The van der Waals surface area contributed by atoms with Gasteiger partial charge in [-0.3, -0.25) is 0 Å². The van der Waals surface area contributed by atoms with Crippen LogP contribution in [0.4, 0.5) is 4.79 Å². The number of carboxylic acid groups (broad SMARTS) is 1. The minimum Gasteiger partial charge on any atom is -0.480 e. The quantitative estimate of drug-likeness (QED) is 0.777. The molecule has 2 aliphatic rings. The number of piperidine rings is 1. The third-order valence-electron chi connectivity index (χ3n) is 4.20. The molecule has 1 unspecified atom stereocenters. The van der Waals surface area contributed by atoms with Gasteiger partial charge in [-0.25, -0.2) is 9.59 Å². The number of hydrogen-bond acceptors (Lipinski definition) is 2. The van der Waals surface area contributed by atoms with Gasteiger partial charge < -0.3 is 14.9 Å². The molecule has 0 saturated carbocycles. The average Bonchev–Trinajstić information content (AvgIpc) is 2.77. The molecule has 1 N–H and O–H groups in total. The zero-order chi connectivity index (χ0) is 13.3. The van der Waals surface area contributed by atoms with Crippen molar-refractivity contribution in [1.29, 1.82) is 0 Å². The molecule has 2 rings (SSSR count). The van der Waals surface area contributed by atoms with Gasteiger partial charge in [0.25, 0.3) is 0 Å². The Labute approximate surface area is 108 Å². The smallest absolute Gasteiger partial charge is 0.326 e. The van der Waals surface area contributed by atoms with E-state index in [9.17, 15) is 9.59 Å². The van der Waals surface area contributed by atoms with Gasteiger partial charge in [0.1, 0.15) is 6.04 Å². The number of carboxylic acids is 1. The second-order valence-electron chi connectivity index (χ2n) is 5.51. The second kappa shape index (κ2) is 5.16. The van der Waals surface area contributed by atoms with Crippen LogP contribution >= 0.6 is 0 Å². The van der Waals surface area contributed by atoms with Crippen molar-refractivity contribution < 1.29 is 14.7 Å². The fourth-order valence-corrected chi connectivity index (χ4v) is 3.20.